The summed E-state index contributed by atoms with van der Waals surface area (Å²) in [7, 11) is 0. The predicted octanol–water partition coefficient (Wildman–Crippen LogP) is 3.22. The van der Waals surface area contributed by atoms with Gasteiger partial charge < -0.3 is 19.7 Å². The summed E-state index contributed by atoms with van der Waals surface area (Å²) in [6.07, 6.45) is 3.44. The van der Waals surface area contributed by atoms with Crippen molar-refractivity contribution in [1.29, 1.82) is 0 Å². The second kappa shape index (κ2) is 7.60. The number of hydrogen-bond donors (Lipinski definition) is 2. The Bertz CT molecular complexity index is 1030. The number of H-pyrrole nitrogens is 1. The number of carbonyl (C=O) groups excluding carboxylic acids is 1. The molecular weight excluding hydrogens is 368 g/mol. The molecule has 0 unspecified atom stereocenters. The molecular formula is C22H22N4O3. The van der Waals surface area contributed by atoms with Crippen molar-refractivity contribution in [3.8, 4) is 22.8 Å². The topological polar surface area (TPSA) is 79.5 Å². The highest BCUT2D eigenvalue weighted by Gasteiger charge is 2.21. The van der Waals surface area contributed by atoms with Crippen LogP contribution in [0.25, 0.3) is 11.3 Å². The number of rotatable bonds is 6. The molecule has 0 saturated carbocycles. The number of nitrogens with zero attached hydrogens (tertiary/aromatic N) is 2. The van der Waals surface area contributed by atoms with Crippen LogP contribution in [0.3, 0.4) is 0 Å². The number of fused-ring (bicyclic) bond motifs is 1. The van der Waals surface area contributed by atoms with E-state index in [1.807, 2.05) is 41.4 Å². The Balaban J connectivity index is 1.22. The maximum atomic E-state index is 11.9. The molecule has 2 aliphatic rings. The Labute approximate surface area is 168 Å². The molecule has 5 rings (SSSR count). The van der Waals surface area contributed by atoms with Crippen molar-refractivity contribution in [2.24, 2.45) is 0 Å². The fourth-order valence-corrected chi connectivity index (χ4v) is 3.80. The van der Waals surface area contributed by atoms with Gasteiger partial charge in [0.1, 0.15) is 0 Å². The number of anilines is 1. The summed E-state index contributed by atoms with van der Waals surface area (Å²) < 4.78 is 10.9. The number of carbonyl (C=O) groups is 1. The molecule has 1 aromatic heterocycles. The van der Waals surface area contributed by atoms with Gasteiger partial charge in [-0.05, 0) is 42.3 Å². The molecule has 7 nitrogen and oxygen atoms in total. The first kappa shape index (κ1) is 17.8. The quantitative estimate of drug-likeness (QED) is 0.676. The summed E-state index contributed by atoms with van der Waals surface area (Å²) >= 11 is 0. The third-order valence-corrected chi connectivity index (χ3v) is 5.35. The Morgan fingerprint density at radius 3 is 2.76 bits per heavy atom. The molecule has 2 aromatic carbocycles. The molecule has 2 N–H and O–H groups in total. The molecule has 7 heteroatoms. The first-order valence-corrected chi connectivity index (χ1v) is 9.80. The zero-order valence-electron chi connectivity index (χ0n) is 16.0. The van der Waals surface area contributed by atoms with Gasteiger partial charge in [-0.1, -0.05) is 12.1 Å². The van der Waals surface area contributed by atoms with Crippen LogP contribution in [0.5, 0.6) is 11.5 Å². The predicted molar refractivity (Wildman–Crippen MR) is 109 cm³/mol. The van der Waals surface area contributed by atoms with Crippen LogP contribution >= 0.6 is 0 Å². The summed E-state index contributed by atoms with van der Waals surface area (Å²) in [5.74, 6) is 1.74. The van der Waals surface area contributed by atoms with Crippen molar-refractivity contribution in [3.63, 3.8) is 0 Å². The zero-order valence-corrected chi connectivity index (χ0v) is 16.0. The molecule has 29 heavy (non-hydrogen) atoms. The van der Waals surface area contributed by atoms with Gasteiger partial charge in [-0.2, -0.15) is 5.10 Å². The number of aromatic nitrogens is 2. The molecule has 148 valence electrons. The van der Waals surface area contributed by atoms with Crippen LogP contribution in [0, 0.1) is 0 Å². The average Bonchev–Trinajstić information content (AvgIpc) is 3.48. The molecule has 2 aliphatic heterocycles. The molecule has 0 bridgehead atoms. The van der Waals surface area contributed by atoms with Crippen molar-refractivity contribution in [2.75, 3.05) is 18.2 Å². The maximum Gasteiger partial charge on any atom is 0.231 e. The lowest BCUT2D eigenvalue weighted by Crippen LogP contribution is -2.23. The Kier molecular flexibility index (Phi) is 4.65. The lowest BCUT2D eigenvalue weighted by Gasteiger charge is -2.16. The van der Waals surface area contributed by atoms with Gasteiger partial charge in [0, 0.05) is 42.9 Å². The highest BCUT2D eigenvalue weighted by atomic mass is 16.7. The van der Waals surface area contributed by atoms with E-state index in [0.29, 0.717) is 13.0 Å². The van der Waals surface area contributed by atoms with E-state index in [4.69, 9.17) is 9.47 Å². The van der Waals surface area contributed by atoms with Crippen molar-refractivity contribution in [3.05, 3.63) is 59.8 Å². The summed E-state index contributed by atoms with van der Waals surface area (Å²) in [6, 6.07) is 14.1. The van der Waals surface area contributed by atoms with Crippen molar-refractivity contribution in [1.82, 2.24) is 15.5 Å². The SMILES string of the molecule is O=C1CCCN1c1ccc(CNCc2cn[nH]c2-c2ccc3c(c2)OCO3)cc1. The van der Waals surface area contributed by atoms with E-state index >= 15 is 0 Å². The largest absolute Gasteiger partial charge is 0.454 e. The minimum atomic E-state index is 0.215. The summed E-state index contributed by atoms with van der Waals surface area (Å²) in [5.41, 5.74) is 5.23. The second-order valence-corrected chi connectivity index (χ2v) is 7.26. The molecule has 0 aliphatic carbocycles. The molecule has 0 atom stereocenters. The van der Waals surface area contributed by atoms with Crippen LogP contribution < -0.4 is 19.7 Å². The second-order valence-electron chi connectivity index (χ2n) is 7.26. The van der Waals surface area contributed by atoms with Crippen molar-refractivity contribution < 1.29 is 14.3 Å². The van der Waals surface area contributed by atoms with Gasteiger partial charge in [0.25, 0.3) is 0 Å². The molecule has 1 amide bonds. The van der Waals surface area contributed by atoms with E-state index in [-0.39, 0.29) is 12.7 Å². The molecule has 0 radical (unpaired) electrons. The number of benzene rings is 2. The number of amides is 1. The maximum absolute atomic E-state index is 11.9. The van der Waals surface area contributed by atoms with Crippen LogP contribution in [-0.4, -0.2) is 29.4 Å². The van der Waals surface area contributed by atoms with Gasteiger partial charge in [-0.3, -0.25) is 9.89 Å². The Morgan fingerprint density at radius 2 is 1.93 bits per heavy atom. The van der Waals surface area contributed by atoms with E-state index in [0.717, 1.165) is 53.5 Å². The molecule has 1 fully saturated rings. The van der Waals surface area contributed by atoms with Gasteiger partial charge >= 0.3 is 0 Å². The smallest absolute Gasteiger partial charge is 0.231 e. The van der Waals surface area contributed by atoms with Gasteiger partial charge in [0.2, 0.25) is 12.7 Å². The third-order valence-electron chi connectivity index (χ3n) is 5.35. The van der Waals surface area contributed by atoms with Gasteiger partial charge in [-0.25, -0.2) is 0 Å². The van der Waals surface area contributed by atoms with E-state index in [2.05, 4.69) is 27.6 Å². The van der Waals surface area contributed by atoms with Crippen LogP contribution in [0.15, 0.2) is 48.7 Å². The van der Waals surface area contributed by atoms with Crippen LogP contribution in [0.4, 0.5) is 5.69 Å². The first-order chi connectivity index (χ1) is 14.3. The van der Waals surface area contributed by atoms with Crippen LogP contribution in [-0.2, 0) is 17.9 Å². The minimum Gasteiger partial charge on any atom is -0.454 e. The third kappa shape index (κ3) is 3.56. The van der Waals surface area contributed by atoms with Gasteiger partial charge in [0.05, 0.1) is 11.9 Å². The fourth-order valence-electron chi connectivity index (χ4n) is 3.80. The summed E-state index contributed by atoms with van der Waals surface area (Å²) in [5, 5.41) is 10.8. The highest BCUT2D eigenvalue weighted by molar-refractivity contribution is 5.95. The molecule has 3 aromatic rings. The molecule has 1 saturated heterocycles. The van der Waals surface area contributed by atoms with E-state index < -0.39 is 0 Å². The molecule has 3 heterocycles. The number of ether oxygens (including phenoxy) is 2. The lowest BCUT2D eigenvalue weighted by atomic mass is 10.1. The normalized spacial score (nSPS) is 15.3. The highest BCUT2D eigenvalue weighted by Crippen LogP contribution is 2.36. The van der Waals surface area contributed by atoms with E-state index in [1.165, 1.54) is 5.56 Å². The Morgan fingerprint density at radius 1 is 1.07 bits per heavy atom. The number of nitrogens with one attached hydrogen (secondary N) is 2. The number of hydrogen-bond acceptors (Lipinski definition) is 5. The fraction of sp³-hybridized carbons (Fsp3) is 0.273. The average molecular weight is 390 g/mol. The Hall–Kier alpha value is -3.32. The standard InChI is InChI=1S/C22H22N4O3/c27-21-2-1-9-26(21)18-6-3-15(4-7-18)11-23-12-17-13-24-25-22(17)16-5-8-19-20(10-16)29-14-28-19/h3-8,10,13,23H,1-2,9,11-12,14H2,(H,24,25). The zero-order chi connectivity index (χ0) is 19.6. The van der Waals surface area contributed by atoms with Crippen molar-refractivity contribution >= 4 is 11.6 Å². The van der Waals surface area contributed by atoms with Crippen molar-refractivity contribution in [2.45, 2.75) is 25.9 Å². The summed E-state index contributed by atoms with van der Waals surface area (Å²) in [4.78, 5) is 13.7. The minimum absolute atomic E-state index is 0.215. The first-order valence-electron chi connectivity index (χ1n) is 9.80. The van der Waals surface area contributed by atoms with Crippen LogP contribution in [0.1, 0.15) is 24.0 Å². The van der Waals surface area contributed by atoms with E-state index in [9.17, 15) is 4.79 Å². The summed E-state index contributed by atoms with van der Waals surface area (Å²) in [6.45, 7) is 2.51. The van der Waals surface area contributed by atoms with Gasteiger partial charge in [-0.15, -0.1) is 0 Å². The number of aromatic amines is 1. The van der Waals surface area contributed by atoms with E-state index in [1.54, 1.807) is 0 Å². The van der Waals surface area contributed by atoms with Crippen LogP contribution in [0.2, 0.25) is 0 Å². The monoisotopic (exact) mass is 390 g/mol. The molecule has 0 spiro atoms. The van der Waals surface area contributed by atoms with Gasteiger partial charge in [0.15, 0.2) is 11.5 Å². The lowest BCUT2D eigenvalue weighted by molar-refractivity contribution is -0.117.